The molecule has 0 unspecified atom stereocenters. The van der Waals surface area contributed by atoms with Crippen molar-refractivity contribution < 1.29 is 88.3 Å². The van der Waals surface area contributed by atoms with E-state index in [9.17, 15) is 50.4 Å². The zero-order chi connectivity index (χ0) is 37.5. The summed E-state index contributed by atoms with van der Waals surface area (Å²) in [7, 11) is 3.95. The first-order valence-corrected chi connectivity index (χ1v) is 15.3. The number of hydrogen-bond acceptors (Lipinski definition) is 18. The van der Waals surface area contributed by atoms with Crippen molar-refractivity contribution in [2.75, 3.05) is 41.2 Å². The van der Waals surface area contributed by atoms with Gasteiger partial charge in [0.1, 0.15) is 43.2 Å². The number of phenols is 2. The fourth-order valence-electron chi connectivity index (χ4n) is 5.28. The van der Waals surface area contributed by atoms with Crippen LogP contribution in [0.25, 0.3) is 12.2 Å². The van der Waals surface area contributed by atoms with Crippen molar-refractivity contribution in [1.82, 2.24) is 0 Å². The van der Waals surface area contributed by atoms with Crippen molar-refractivity contribution in [1.29, 1.82) is 0 Å². The molecule has 9 atom stereocenters. The first kappa shape index (κ1) is 39.3. The molecule has 2 aromatic rings. The molecule has 0 aromatic heterocycles. The van der Waals surface area contributed by atoms with Crippen LogP contribution in [0.3, 0.4) is 0 Å². The van der Waals surface area contributed by atoms with Crippen LogP contribution in [0, 0.1) is 0 Å². The van der Waals surface area contributed by atoms with Crippen LogP contribution in [0.4, 0.5) is 0 Å². The summed E-state index contributed by atoms with van der Waals surface area (Å²) in [6.07, 6.45) is -9.92. The normalized spacial score (nSPS) is 29.3. The lowest BCUT2D eigenvalue weighted by Gasteiger charge is -2.43. The number of carbonyl (C=O) groups is 2. The van der Waals surface area contributed by atoms with Crippen LogP contribution in [0.15, 0.2) is 42.5 Å². The molecule has 2 aliphatic heterocycles. The Bertz CT molecular complexity index is 1550. The van der Waals surface area contributed by atoms with Crippen LogP contribution >= 0.6 is 0 Å². The van der Waals surface area contributed by atoms with Crippen LogP contribution in [-0.4, -0.2) is 149 Å². The van der Waals surface area contributed by atoms with Crippen molar-refractivity contribution in [2.24, 2.45) is 0 Å². The zero-order valence-electron chi connectivity index (χ0n) is 27.6. The van der Waals surface area contributed by atoms with E-state index in [0.29, 0.717) is 11.1 Å². The van der Waals surface area contributed by atoms with Gasteiger partial charge in [-0.05, 0) is 47.5 Å². The molecule has 18 heteroatoms. The Kier molecular flexibility index (Phi) is 13.2. The number of carbonyl (C=O) groups excluding carboxylic acids is 2. The molecule has 2 saturated heterocycles. The third-order valence-corrected chi connectivity index (χ3v) is 8.01. The molecule has 2 aliphatic rings. The summed E-state index contributed by atoms with van der Waals surface area (Å²) in [6.45, 7) is -2.69. The van der Waals surface area contributed by atoms with Crippen molar-refractivity contribution >= 4 is 24.1 Å². The van der Waals surface area contributed by atoms with Gasteiger partial charge in [0.05, 0.1) is 34.5 Å². The van der Waals surface area contributed by atoms with E-state index in [4.69, 9.17) is 37.9 Å². The summed E-state index contributed by atoms with van der Waals surface area (Å²) in [6, 6.07) is 6.98. The maximum absolute atomic E-state index is 13.1. The highest BCUT2D eigenvalue weighted by atomic mass is 16.8. The van der Waals surface area contributed by atoms with E-state index >= 15 is 0 Å². The van der Waals surface area contributed by atoms with E-state index in [2.05, 4.69) is 0 Å². The molecule has 280 valence electrons. The summed E-state index contributed by atoms with van der Waals surface area (Å²) in [5.41, 5.74) is 0.731. The van der Waals surface area contributed by atoms with E-state index in [-0.39, 0.29) is 28.7 Å². The Labute approximate surface area is 290 Å². The molecule has 2 fully saturated rings. The second kappa shape index (κ2) is 17.1. The van der Waals surface area contributed by atoms with Crippen molar-refractivity contribution in [3.05, 3.63) is 53.6 Å². The van der Waals surface area contributed by atoms with Crippen LogP contribution in [0.1, 0.15) is 11.1 Å². The third kappa shape index (κ3) is 8.87. The lowest BCUT2D eigenvalue weighted by molar-refractivity contribution is -0.383. The number of benzene rings is 2. The molecular formula is C33H40O18. The number of phenolic OH excluding ortho intramolecular Hbond substituents is 2. The smallest absolute Gasteiger partial charge is 0.331 e. The monoisotopic (exact) mass is 724 g/mol. The van der Waals surface area contributed by atoms with Gasteiger partial charge in [0.2, 0.25) is 11.5 Å². The Morgan fingerprint density at radius 1 is 0.765 bits per heavy atom. The molecule has 0 bridgehead atoms. The van der Waals surface area contributed by atoms with Gasteiger partial charge in [-0.3, -0.25) is 0 Å². The number of aliphatic hydroxyl groups is 6. The molecule has 2 aromatic carbocycles. The number of aliphatic hydroxyl groups excluding tert-OH is 6. The first-order chi connectivity index (χ1) is 24.3. The van der Waals surface area contributed by atoms with Gasteiger partial charge in [-0.1, -0.05) is 6.07 Å². The highest BCUT2D eigenvalue weighted by Gasteiger charge is 2.61. The zero-order valence-corrected chi connectivity index (χ0v) is 27.6. The van der Waals surface area contributed by atoms with Gasteiger partial charge in [0, 0.05) is 12.2 Å². The fourth-order valence-corrected chi connectivity index (χ4v) is 5.28. The maximum atomic E-state index is 13.1. The summed E-state index contributed by atoms with van der Waals surface area (Å²) in [5.74, 6) is -4.92. The molecule has 0 radical (unpaired) electrons. The number of aromatic hydroxyl groups is 2. The maximum Gasteiger partial charge on any atom is 0.331 e. The molecule has 4 rings (SSSR count). The standard InChI is InChI=1S/C33H40O18/c1-44-19-10-16(4-7-18(19)36)5-9-25(38)49-31-28(41)23(14-35)50-33(31,51-32-30(43)29(42)27(40)22(13-34)48-32)15-47-24(37)8-6-17-11-20(45-2)26(39)21(12-17)46-3/h4-12,22-23,27-32,34-36,39-43H,13-15H2,1-3H3/b8-6+,9-5+/t22-,23-,27-,28+,29+,30-,31+,32+,33+/m0/s1. The van der Waals surface area contributed by atoms with Crippen LogP contribution in [0.2, 0.25) is 0 Å². The third-order valence-electron chi connectivity index (χ3n) is 8.01. The average molecular weight is 725 g/mol. The lowest BCUT2D eigenvalue weighted by Crippen LogP contribution is -2.63. The Hall–Kier alpha value is -4.50. The van der Waals surface area contributed by atoms with E-state index < -0.39 is 86.6 Å². The number of ether oxygens (including phenoxy) is 8. The summed E-state index contributed by atoms with van der Waals surface area (Å²) >= 11 is 0. The molecule has 18 nitrogen and oxygen atoms in total. The predicted molar refractivity (Wildman–Crippen MR) is 170 cm³/mol. The summed E-state index contributed by atoms with van der Waals surface area (Å²) in [5, 5.41) is 82.1. The second-order valence-electron chi connectivity index (χ2n) is 11.3. The van der Waals surface area contributed by atoms with Crippen molar-refractivity contribution in [3.63, 3.8) is 0 Å². The van der Waals surface area contributed by atoms with Crippen molar-refractivity contribution in [2.45, 2.75) is 54.8 Å². The Morgan fingerprint density at radius 2 is 1.35 bits per heavy atom. The topological polar surface area (TPSA) is 270 Å². The number of methoxy groups -OCH3 is 3. The van der Waals surface area contributed by atoms with Crippen LogP contribution < -0.4 is 14.2 Å². The van der Waals surface area contributed by atoms with E-state index in [1.807, 2.05) is 0 Å². The van der Waals surface area contributed by atoms with Crippen LogP contribution in [0.5, 0.6) is 28.7 Å². The molecular weight excluding hydrogens is 684 g/mol. The largest absolute Gasteiger partial charge is 0.504 e. The first-order valence-electron chi connectivity index (χ1n) is 15.3. The average Bonchev–Trinajstić information content (AvgIpc) is 3.39. The quantitative estimate of drug-likeness (QED) is 0.0819. The predicted octanol–water partition coefficient (Wildman–Crippen LogP) is -1.43. The minimum atomic E-state index is -2.54. The molecule has 0 amide bonds. The fraction of sp³-hybridized carbons (Fsp3) is 0.455. The number of esters is 2. The van der Waals surface area contributed by atoms with Gasteiger partial charge < -0.3 is 78.7 Å². The van der Waals surface area contributed by atoms with E-state index in [1.165, 1.54) is 63.8 Å². The van der Waals surface area contributed by atoms with Gasteiger partial charge in [0.15, 0.2) is 35.4 Å². The summed E-state index contributed by atoms with van der Waals surface area (Å²) in [4.78, 5) is 26.0. The Balaban J connectivity index is 1.64. The van der Waals surface area contributed by atoms with Crippen LogP contribution in [-0.2, 0) is 33.3 Å². The number of rotatable bonds is 14. The molecule has 0 aliphatic carbocycles. The second-order valence-corrected chi connectivity index (χ2v) is 11.3. The van der Waals surface area contributed by atoms with Crippen molar-refractivity contribution in [3.8, 4) is 28.7 Å². The van der Waals surface area contributed by atoms with Gasteiger partial charge in [-0.2, -0.15) is 0 Å². The van der Waals surface area contributed by atoms with Gasteiger partial charge in [0.25, 0.3) is 0 Å². The Morgan fingerprint density at radius 3 is 1.96 bits per heavy atom. The minimum Gasteiger partial charge on any atom is -0.504 e. The lowest BCUT2D eigenvalue weighted by atomic mass is 9.99. The molecule has 0 saturated carbocycles. The molecule has 0 spiro atoms. The summed E-state index contributed by atoms with van der Waals surface area (Å²) < 4.78 is 43.2. The SMILES string of the molecule is COc1cc(/C=C/C(=O)O[C@@H]2[C@H](O)[C@H](CO)O[C@]2(COC(=O)/C=C/c2cc(OC)c(O)c(OC)c2)O[C@H]2O[C@@H](CO)[C@H](O)[C@@H](O)[C@@H]2O)ccc1O. The van der Waals surface area contributed by atoms with Gasteiger partial charge in [-0.25, -0.2) is 9.59 Å². The molecule has 8 N–H and O–H groups in total. The van der Waals surface area contributed by atoms with Gasteiger partial charge in [-0.15, -0.1) is 0 Å². The number of hydrogen-bond donors (Lipinski definition) is 8. The highest BCUT2D eigenvalue weighted by Crippen LogP contribution is 2.40. The molecule has 51 heavy (non-hydrogen) atoms. The van der Waals surface area contributed by atoms with E-state index in [0.717, 1.165) is 12.2 Å². The highest BCUT2D eigenvalue weighted by molar-refractivity contribution is 5.88. The van der Waals surface area contributed by atoms with E-state index in [1.54, 1.807) is 0 Å². The van der Waals surface area contributed by atoms with Gasteiger partial charge >= 0.3 is 11.9 Å². The minimum absolute atomic E-state index is 0.0425. The molecule has 2 heterocycles.